The molecule has 0 spiro atoms. The fourth-order valence-electron chi connectivity index (χ4n) is 1.69. The fourth-order valence-corrected chi connectivity index (χ4v) is 1.69. The average Bonchev–Trinajstić information content (AvgIpc) is 2.29. The molecule has 1 aromatic rings. The molecule has 5 heteroatoms. The first-order valence-electron chi connectivity index (χ1n) is 5.87. The Kier molecular flexibility index (Phi) is 6.18. The average molecular weight is 259 g/mol. The van der Waals surface area contributed by atoms with E-state index in [9.17, 15) is 13.9 Å². The third-order valence-corrected chi connectivity index (χ3v) is 2.60. The van der Waals surface area contributed by atoms with E-state index in [0.29, 0.717) is 19.1 Å². The van der Waals surface area contributed by atoms with Gasteiger partial charge in [0.25, 0.3) is 0 Å². The van der Waals surface area contributed by atoms with Crippen LogP contribution in [-0.2, 0) is 4.74 Å². The highest BCUT2D eigenvalue weighted by Gasteiger charge is 2.13. The first-order valence-corrected chi connectivity index (χ1v) is 5.87. The number of hydrogen-bond acceptors (Lipinski definition) is 3. The minimum Gasteiger partial charge on any atom is -0.387 e. The van der Waals surface area contributed by atoms with Gasteiger partial charge in [0.15, 0.2) is 0 Å². The van der Waals surface area contributed by atoms with Crippen molar-refractivity contribution in [1.29, 1.82) is 0 Å². The molecule has 0 saturated carbocycles. The maximum atomic E-state index is 13.4. The van der Waals surface area contributed by atoms with Crippen LogP contribution >= 0.6 is 0 Å². The number of ether oxygens (including phenoxy) is 1. The van der Waals surface area contributed by atoms with Gasteiger partial charge in [0.05, 0.1) is 6.10 Å². The van der Waals surface area contributed by atoms with Crippen molar-refractivity contribution in [2.45, 2.75) is 13.0 Å². The summed E-state index contributed by atoms with van der Waals surface area (Å²) in [7, 11) is 1.62. The Morgan fingerprint density at radius 2 is 2.06 bits per heavy atom. The van der Waals surface area contributed by atoms with Crippen LogP contribution in [0.4, 0.5) is 8.78 Å². The largest absolute Gasteiger partial charge is 0.387 e. The van der Waals surface area contributed by atoms with E-state index >= 15 is 0 Å². The minimum atomic E-state index is -0.986. The Hall–Kier alpha value is -1.04. The summed E-state index contributed by atoms with van der Waals surface area (Å²) in [6.45, 7) is 3.50. The second kappa shape index (κ2) is 7.41. The highest BCUT2D eigenvalue weighted by molar-refractivity contribution is 5.21. The molecule has 2 N–H and O–H groups in total. The first kappa shape index (κ1) is 15.0. The second-order valence-corrected chi connectivity index (χ2v) is 4.40. The standard InChI is InChI=1S/C13H19F2NO2/c1-9(8-18-2)6-16-7-13(17)11-4-3-10(14)5-12(11)15/h3-5,9,13,16-17H,6-8H2,1-2H3. The number of aliphatic hydroxyl groups excluding tert-OH is 1. The van der Waals surface area contributed by atoms with Crippen molar-refractivity contribution in [3.8, 4) is 0 Å². The van der Waals surface area contributed by atoms with Crippen LogP contribution < -0.4 is 5.32 Å². The highest BCUT2D eigenvalue weighted by atomic mass is 19.1. The van der Waals surface area contributed by atoms with Gasteiger partial charge in [-0.3, -0.25) is 0 Å². The number of benzene rings is 1. The van der Waals surface area contributed by atoms with Gasteiger partial charge in [-0.25, -0.2) is 8.78 Å². The molecule has 0 aliphatic rings. The van der Waals surface area contributed by atoms with Crippen LogP contribution in [0.2, 0.25) is 0 Å². The van der Waals surface area contributed by atoms with Crippen molar-refractivity contribution in [3.05, 3.63) is 35.4 Å². The van der Waals surface area contributed by atoms with Gasteiger partial charge in [0.2, 0.25) is 0 Å². The molecule has 18 heavy (non-hydrogen) atoms. The smallest absolute Gasteiger partial charge is 0.131 e. The van der Waals surface area contributed by atoms with E-state index < -0.39 is 17.7 Å². The Balaban J connectivity index is 2.43. The molecule has 0 bridgehead atoms. The number of hydrogen-bond donors (Lipinski definition) is 2. The second-order valence-electron chi connectivity index (χ2n) is 4.40. The molecule has 3 nitrogen and oxygen atoms in total. The summed E-state index contributed by atoms with van der Waals surface area (Å²) in [5.41, 5.74) is 0.100. The third-order valence-electron chi connectivity index (χ3n) is 2.60. The summed E-state index contributed by atoms with van der Waals surface area (Å²) in [4.78, 5) is 0. The van der Waals surface area contributed by atoms with E-state index in [1.165, 1.54) is 6.07 Å². The molecule has 0 radical (unpaired) electrons. The lowest BCUT2D eigenvalue weighted by molar-refractivity contribution is 0.146. The number of rotatable bonds is 7. The van der Waals surface area contributed by atoms with Crippen LogP contribution in [0.25, 0.3) is 0 Å². The van der Waals surface area contributed by atoms with Gasteiger partial charge in [-0.15, -0.1) is 0 Å². The summed E-state index contributed by atoms with van der Waals surface area (Å²) < 4.78 is 31.0. The molecule has 1 aromatic carbocycles. The van der Waals surface area contributed by atoms with Crippen molar-refractivity contribution < 1.29 is 18.6 Å². The summed E-state index contributed by atoms with van der Waals surface area (Å²) in [5, 5.41) is 12.8. The molecule has 102 valence electrons. The van der Waals surface area contributed by atoms with Crippen LogP contribution in [0, 0.1) is 17.6 Å². The topological polar surface area (TPSA) is 41.5 Å². The number of methoxy groups -OCH3 is 1. The SMILES string of the molecule is COCC(C)CNCC(O)c1ccc(F)cc1F. The Labute approximate surface area is 106 Å². The predicted octanol–water partition coefficient (Wildman–Crippen LogP) is 1.87. The maximum Gasteiger partial charge on any atom is 0.131 e. The molecule has 0 saturated heterocycles. The molecular formula is C13H19F2NO2. The minimum absolute atomic E-state index is 0.100. The van der Waals surface area contributed by atoms with Crippen molar-refractivity contribution in [2.75, 3.05) is 26.8 Å². The third kappa shape index (κ3) is 4.68. The molecule has 0 aliphatic heterocycles. The quantitative estimate of drug-likeness (QED) is 0.785. The van der Waals surface area contributed by atoms with E-state index in [1.807, 2.05) is 6.92 Å². The van der Waals surface area contributed by atoms with Crippen molar-refractivity contribution in [3.63, 3.8) is 0 Å². The highest BCUT2D eigenvalue weighted by Crippen LogP contribution is 2.17. The number of halogens is 2. The van der Waals surface area contributed by atoms with Gasteiger partial charge in [-0.2, -0.15) is 0 Å². The van der Waals surface area contributed by atoms with E-state index in [4.69, 9.17) is 4.74 Å². The van der Waals surface area contributed by atoms with E-state index in [1.54, 1.807) is 7.11 Å². The summed E-state index contributed by atoms with van der Waals surface area (Å²) >= 11 is 0. The molecule has 0 aliphatic carbocycles. The van der Waals surface area contributed by atoms with Crippen molar-refractivity contribution >= 4 is 0 Å². The van der Waals surface area contributed by atoms with E-state index in [-0.39, 0.29) is 12.1 Å². The molecule has 1 rings (SSSR count). The lowest BCUT2D eigenvalue weighted by atomic mass is 10.1. The lowest BCUT2D eigenvalue weighted by Crippen LogP contribution is -2.28. The molecule has 0 amide bonds. The first-order chi connectivity index (χ1) is 8.54. The van der Waals surface area contributed by atoms with Gasteiger partial charge in [-0.05, 0) is 12.0 Å². The Bertz CT molecular complexity index is 374. The lowest BCUT2D eigenvalue weighted by Gasteiger charge is -2.15. The van der Waals surface area contributed by atoms with Crippen molar-refractivity contribution in [2.24, 2.45) is 5.92 Å². The van der Waals surface area contributed by atoms with Gasteiger partial charge < -0.3 is 15.2 Å². The molecule has 0 heterocycles. The monoisotopic (exact) mass is 259 g/mol. The van der Waals surface area contributed by atoms with Gasteiger partial charge in [-0.1, -0.05) is 13.0 Å². The molecule has 2 atom stereocenters. The van der Waals surface area contributed by atoms with E-state index in [0.717, 1.165) is 12.1 Å². The molecule has 0 fully saturated rings. The number of aliphatic hydroxyl groups is 1. The zero-order valence-electron chi connectivity index (χ0n) is 10.6. The van der Waals surface area contributed by atoms with Gasteiger partial charge in [0.1, 0.15) is 11.6 Å². The summed E-state index contributed by atoms with van der Waals surface area (Å²) in [6.07, 6.45) is -0.986. The predicted molar refractivity (Wildman–Crippen MR) is 65.2 cm³/mol. The zero-order valence-corrected chi connectivity index (χ0v) is 10.6. The summed E-state index contributed by atoms with van der Waals surface area (Å²) in [5.74, 6) is -1.07. The van der Waals surface area contributed by atoms with Crippen LogP contribution in [0.15, 0.2) is 18.2 Å². The molecule has 2 unspecified atom stereocenters. The number of nitrogens with one attached hydrogen (secondary N) is 1. The van der Waals surface area contributed by atoms with Crippen LogP contribution in [0.5, 0.6) is 0 Å². The van der Waals surface area contributed by atoms with Crippen molar-refractivity contribution in [1.82, 2.24) is 5.32 Å². The van der Waals surface area contributed by atoms with E-state index in [2.05, 4.69) is 5.32 Å². The molecule has 0 aromatic heterocycles. The Morgan fingerprint density at radius 1 is 1.33 bits per heavy atom. The van der Waals surface area contributed by atoms with Gasteiger partial charge >= 0.3 is 0 Å². The van der Waals surface area contributed by atoms with Crippen LogP contribution in [0.1, 0.15) is 18.6 Å². The Morgan fingerprint density at radius 3 is 2.67 bits per heavy atom. The van der Waals surface area contributed by atoms with Crippen LogP contribution in [0.3, 0.4) is 0 Å². The summed E-state index contributed by atoms with van der Waals surface area (Å²) in [6, 6.07) is 3.16. The fraction of sp³-hybridized carbons (Fsp3) is 0.538. The molecular weight excluding hydrogens is 240 g/mol. The van der Waals surface area contributed by atoms with Gasteiger partial charge in [0, 0.05) is 38.4 Å². The normalized spacial score (nSPS) is 14.5. The zero-order chi connectivity index (χ0) is 13.5. The maximum absolute atomic E-state index is 13.4. The van der Waals surface area contributed by atoms with Crippen LogP contribution in [-0.4, -0.2) is 31.9 Å².